The lowest BCUT2D eigenvalue weighted by Gasteiger charge is -2.34. The Labute approximate surface area is 115 Å². The van der Waals surface area contributed by atoms with E-state index in [0.717, 1.165) is 13.0 Å². The van der Waals surface area contributed by atoms with Gasteiger partial charge in [0, 0.05) is 42.8 Å². The van der Waals surface area contributed by atoms with Crippen LogP contribution in [-0.4, -0.2) is 33.3 Å². The van der Waals surface area contributed by atoms with Crippen molar-refractivity contribution in [3.63, 3.8) is 0 Å². The topological polar surface area (TPSA) is 42.3 Å². The molecular formula is C13H17BrN2O2. The molecule has 1 amide bonds. The van der Waals surface area contributed by atoms with Crippen LogP contribution in [0, 0.1) is 5.92 Å². The molecule has 2 heterocycles. The van der Waals surface area contributed by atoms with Gasteiger partial charge in [-0.25, -0.2) is 0 Å². The summed E-state index contributed by atoms with van der Waals surface area (Å²) < 4.78 is 1.46. The van der Waals surface area contributed by atoms with E-state index in [-0.39, 0.29) is 11.5 Å². The van der Waals surface area contributed by atoms with Crippen LogP contribution in [0.2, 0.25) is 0 Å². The third kappa shape index (κ3) is 2.66. The Bertz CT molecular complexity index is 512. The van der Waals surface area contributed by atoms with Crippen LogP contribution in [0.1, 0.15) is 23.7 Å². The SMILES string of the molecule is CC1CCN(C(=O)c2ccn(C)c(=O)c2)CC1Br. The van der Waals surface area contributed by atoms with Gasteiger partial charge >= 0.3 is 0 Å². The smallest absolute Gasteiger partial charge is 0.254 e. The Hall–Kier alpha value is -1.10. The molecule has 1 aliphatic heterocycles. The van der Waals surface area contributed by atoms with Gasteiger partial charge < -0.3 is 9.47 Å². The first kappa shape index (κ1) is 13.3. The highest BCUT2D eigenvalue weighted by atomic mass is 79.9. The molecule has 0 N–H and O–H groups in total. The van der Waals surface area contributed by atoms with E-state index in [1.54, 1.807) is 19.3 Å². The number of rotatable bonds is 1. The highest BCUT2D eigenvalue weighted by molar-refractivity contribution is 9.09. The number of likely N-dealkylation sites (tertiary alicyclic amines) is 1. The van der Waals surface area contributed by atoms with Crippen molar-refractivity contribution < 1.29 is 4.79 Å². The van der Waals surface area contributed by atoms with Crippen molar-refractivity contribution in [2.24, 2.45) is 13.0 Å². The summed E-state index contributed by atoms with van der Waals surface area (Å²) in [6.45, 7) is 3.64. The Kier molecular flexibility index (Phi) is 3.90. The van der Waals surface area contributed by atoms with Gasteiger partial charge in [0.25, 0.3) is 11.5 Å². The Morgan fingerprint density at radius 1 is 1.50 bits per heavy atom. The Morgan fingerprint density at radius 3 is 2.83 bits per heavy atom. The van der Waals surface area contributed by atoms with E-state index < -0.39 is 0 Å². The number of piperidine rings is 1. The summed E-state index contributed by atoms with van der Waals surface area (Å²) in [5.41, 5.74) is 0.328. The summed E-state index contributed by atoms with van der Waals surface area (Å²) in [5.74, 6) is 0.529. The second kappa shape index (κ2) is 5.26. The van der Waals surface area contributed by atoms with Gasteiger partial charge in [-0.1, -0.05) is 22.9 Å². The monoisotopic (exact) mass is 312 g/mol. The van der Waals surface area contributed by atoms with Crippen LogP contribution in [-0.2, 0) is 7.05 Å². The molecule has 18 heavy (non-hydrogen) atoms. The fraction of sp³-hybridized carbons (Fsp3) is 0.538. The standard InChI is InChI=1S/C13H17BrN2O2/c1-9-3-6-16(8-11(9)14)13(18)10-4-5-15(2)12(17)7-10/h4-5,7,9,11H,3,6,8H2,1-2H3. The average molecular weight is 313 g/mol. The number of aromatic nitrogens is 1. The summed E-state index contributed by atoms with van der Waals surface area (Å²) in [6, 6.07) is 3.11. The first-order valence-electron chi connectivity index (χ1n) is 6.09. The van der Waals surface area contributed by atoms with E-state index in [9.17, 15) is 9.59 Å². The number of hydrogen-bond donors (Lipinski definition) is 0. The number of nitrogens with zero attached hydrogens (tertiary/aromatic N) is 2. The first-order chi connectivity index (χ1) is 8.49. The van der Waals surface area contributed by atoms with Gasteiger partial charge in [0.05, 0.1) is 0 Å². The molecule has 1 saturated heterocycles. The fourth-order valence-electron chi connectivity index (χ4n) is 2.07. The molecule has 2 atom stereocenters. The summed E-state index contributed by atoms with van der Waals surface area (Å²) in [6.07, 6.45) is 2.63. The number of carbonyl (C=O) groups is 1. The lowest BCUT2D eigenvalue weighted by atomic mass is 9.98. The average Bonchev–Trinajstić information content (AvgIpc) is 2.35. The number of halogens is 1. The largest absolute Gasteiger partial charge is 0.338 e. The summed E-state index contributed by atoms with van der Waals surface area (Å²) in [4.78, 5) is 25.9. The van der Waals surface area contributed by atoms with Crippen LogP contribution in [0.5, 0.6) is 0 Å². The maximum atomic E-state index is 12.3. The molecule has 1 fully saturated rings. The Morgan fingerprint density at radius 2 is 2.22 bits per heavy atom. The molecule has 0 aromatic carbocycles. The third-order valence-electron chi connectivity index (χ3n) is 3.51. The number of aryl methyl sites for hydroxylation is 1. The zero-order valence-electron chi connectivity index (χ0n) is 10.6. The van der Waals surface area contributed by atoms with Crippen LogP contribution in [0.4, 0.5) is 0 Å². The number of carbonyl (C=O) groups excluding carboxylic acids is 1. The fourth-order valence-corrected chi connectivity index (χ4v) is 2.68. The number of amides is 1. The lowest BCUT2D eigenvalue weighted by Crippen LogP contribution is -2.43. The van der Waals surface area contributed by atoms with Crippen molar-refractivity contribution in [1.29, 1.82) is 0 Å². The van der Waals surface area contributed by atoms with Gasteiger partial charge in [-0.15, -0.1) is 0 Å². The van der Waals surface area contributed by atoms with Gasteiger partial charge in [-0.2, -0.15) is 0 Å². The molecule has 0 bridgehead atoms. The minimum Gasteiger partial charge on any atom is -0.338 e. The predicted octanol–water partition coefficient (Wildman–Crippen LogP) is 1.63. The number of hydrogen-bond acceptors (Lipinski definition) is 2. The zero-order chi connectivity index (χ0) is 13.3. The highest BCUT2D eigenvalue weighted by Crippen LogP contribution is 2.24. The molecule has 4 nitrogen and oxygen atoms in total. The second-order valence-corrected chi connectivity index (χ2v) is 6.07. The first-order valence-corrected chi connectivity index (χ1v) is 7.00. The van der Waals surface area contributed by atoms with Crippen LogP contribution >= 0.6 is 15.9 Å². The van der Waals surface area contributed by atoms with Crippen molar-refractivity contribution in [3.8, 4) is 0 Å². The highest BCUT2D eigenvalue weighted by Gasteiger charge is 2.27. The predicted molar refractivity (Wildman–Crippen MR) is 74.1 cm³/mol. The van der Waals surface area contributed by atoms with E-state index in [0.29, 0.717) is 22.9 Å². The minimum absolute atomic E-state index is 0.0518. The lowest BCUT2D eigenvalue weighted by molar-refractivity contribution is 0.0705. The quantitative estimate of drug-likeness (QED) is 0.740. The van der Waals surface area contributed by atoms with Gasteiger partial charge in [0.1, 0.15) is 0 Å². The van der Waals surface area contributed by atoms with Crippen molar-refractivity contribution >= 4 is 21.8 Å². The van der Waals surface area contributed by atoms with Gasteiger partial charge in [0.15, 0.2) is 0 Å². The van der Waals surface area contributed by atoms with E-state index in [1.165, 1.54) is 10.6 Å². The maximum absolute atomic E-state index is 12.3. The molecule has 98 valence electrons. The molecular weight excluding hydrogens is 296 g/mol. The van der Waals surface area contributed by atoms with Gasteiger partial charge in [-0.3, -0.25) is 9.59 Å². The van der Waals surface area contributed by atoms with Gasteiger partial charge in [0.2, 0.25) is 0 Å². The third-order valence-corrected chi connectivity index (χ3v) is 4.70. The van der Waals surface area contributed by atoms with Crippen LogP contribution in [0.15, 0.2) is 23.1 Å². The molecule has 5 heteroatoms. The van der Waals surface area contributed by atoms with E-state index in [4.69, 9.17) is 0 Å². The van der Waals surface area contributed by atoms with Crippen molar-refractivity contribution in [2.45, 2.75) is 18.2 Å². The minimum atomic E-state index is -0.151. The summed E-state index contributed by atoms with van der Waals surface area (Å²) >= 11 is 3.60. The van der Waals surface area contributed by atoms with Crippen molar-refractivity contribution in [3.05, 3.63) is 34.2 Å². The van der Waals surface area contributed by atoms with E-state index in [1.807, 2.05) is 4.90 Å². The number of pyridine rings is 1. The van der Waals surface area contributed by atoms with Crippen LogP contribution < -0.4 is 5.56 Å². The molecule has 1 aliphatic rings. The molecule has 2 unspecified atom stereocenters. The molecule has 0 radical (unpaired) electrons. The van der Waals surface area contributed by atoms with Crippen molar-refractivity contribution in [1.82, 2.24) is 9.47 Å². The van der Waals surface area contributed by atoms with Crippen molar-refractivity contribution in [2.75, 3.05) is 13.1 Å². The molecule has 1 aromatic heterocycles. The maximum Gasteiger partial charge on any atom is 0.254 e. The number of alkyl halides is 1. The summed E-state index contributed by atoms with van der Waals surface area (Å²) in [7, 11) is 1.67. The van der Waals surface area contributed by atoms with E-state index in [2.05, 4.69) is 22.9 Å². The van der Waals surface area contributed by atoms with Crippen LogP contribution in [0.25, 0.3) is 0 Å². The molecule has 0 spiro atoms. The molecule has 2 rings (SSSR count). The molecule has 0 saturated carbocycles. The summed E-state index contributed by atoms with van der Waals surface area (Å²) in [5, 5.41) is 0. The zero-order valence-corrected chi connectivity index (χ0v) is 12.2. The van der Waals surface area contributed by atoms with Gasteiger partial charge in [-0.05, 0) is 18.4 Å². The van der Waals surface area contributed by atoms with E-state index >= 15 is 0 Å². The Balaban J connectivity index is 2.16. The molecule has 0 aliphatic carbocycles. The van der Waals surface area contributed by atoms with Crippen LogP contribution in [0.3, 0.4) is 0 Å². The molecule has 1 aromatic rings. The second-order valence-electron chi connectivity index (χ2n) is 4.90. The normalized spacial score (nSPS) is 24.1.